The van der Waals surface area contributed by atoms with Crippen molar-refractivity contribution in [3.63, 3.8) is 0 Å². The Kier molecular flexibility index (Phi) is 8.35. The van der Waals surface area contributed by atoms with Crippen molar-refractivity contribution in [2.45, 2.75) is 20.1 Å². The van der Waals surface area contributed by atoms with Crippen LogP contribution in [0.5, 0.6) is 11.5 Å². The summed E-state index contributed by atoms with van der Waals surface area (Å²) in [5.74, 6) is 0.343. The zero-order valence-electron chi connectivity index (χ0n) is 18.6. The van der Waals surface area contributed by atoms with E-state index in [2.05, 4.69) is 22.6 Å². The van der Waals surface area contributed by atoms with E-state index < -0.39 is 5.91 Å². The Morgan fingerprint density at radius 1 is 1.09 bits per heavy atom. The lowest BCUT2D eigenvalue weighted by Gasteiger charge is -2.15. The van der Waals surface area contributed by atoms with Gasteiger partial charge in [-0.3, -0.25) is 14.5 Å². The summed E-state index contributed by atoms with van der Waals surface area (Å²) in [6.07, 6.45) is 1.66. The van der Waals surface area contributed by atoms with Gasteiger partial charge in [-0.2, -0.15) is 0 Å². The van der Waals surface area contributed by atoms with Crippen LogP contribution in [0.1, 0.15) is 23.6 Å². The van der Waals surface area contributed by atoms with Crippen LogP contribution in [-0.4, -0.2) is 22.7 Å². The minimum absolute atomic E-state index is 0.0822. The first-order chi connectivity index (χ1) is 16.9. The number of carbonyl (C=O) groups excluding carboxylic acids is 2. The summed E-state index contributed by atoms with van der Waals surface area (Å²) < 4.78 is 25.8. The molecule has 1 aliphatic rings. The summed E-state index contributed by atoms with van der Waals surface area (Å²) >= 11 is 9.27. The van der Waals surface area contributed by atoms with Gasteiger partial charge in [0.2, 0.25) is 0 Å². The number of thioether (sulfide) groups is 1. The monoisotopic (exact) mass is 623 g/mol. The first-order valence-corrected chi connectivity index (χ1v) is 13.0. The van der Waals surface area contributed by atoms with Crippen LogP contribution in [0.3, 0.4) is 0 Å². The summed E-state index contributed by atoms with van der Waals surface area (Å²) in [6, 6.07) is 16.8. The number of imide groups is 1. The smallest absolute Gasteiger partial charge is 0.293 e. The van der Waals surface area contributed by atoms with E-state index in [-0.39, 0.29) is 24.2 Å². The third-order valence-electron chi connectivity index (χ3n) is 5.09. The number of hydrogen-bond donors (Lipinski definition) is 0. The van der Waals surface area contributed by atoms with Crippen LogP contribution < -0.4 is 9.47 Å². The highest BCUT2D eigenvalue weighted by atomic mass is 127. The summed E-state index contributed by atoms with van der Waals surface area (Å²) in [4.78, 5) is 26.9. The Hall–Kier alpha value is -2.56. The van der Waals surface area contributed by atoms with Crippen molar-refractivity contribution in [3.05, 3.63) is 96.7 Å². The highest BCUT2D eigenvalue weighted by molar-refractivity contribution is 14.1. The largest absolute Gasteiger partial charge is 0.490 e. The van der Waals surface area contributed by atoms with Crippen LogP contribution in [0.15, 0.2) is 65.6 Å². The molecule has 1 heterocycles. The Bertz CT molecular complexity index is 1300. The van der Waals surface area contributed by atoms with Gasteiger partial charge < -0.3 is 9.47 Å². The molecule has 9 heteroatoms. The van der Waals surface area contributed by atoms with Crippen LogP contribution >= 0.6 is 46.0 Å². The molecule has 0 atom stereocenters. The molecule has 0 spiro atoms. The van der Waals surface area contributed by atoms with Crippen molar-refractivity contribution in [3.8, 4) is 11.5 Å². The average molecular weight is 624 g/mol. The topological polar surface area (TPSA) is 55.8 Å². The van der Waals surface area contributed by atoms with Crippen LogP contribution in [-0.2, 0) is 17.9 Å². The molecule has 0 saturated carbocycles. The van der Waals surface area contributed by atoms with Gasteiger partial charge in [-0.15, -0.1) is 0 Å². The second-order valence-corrected chi connectivity index (χ2v) is 10.1. The fraction of sp³-hybridized carbons (Fsp3) is 0.154. The zero-order chi connectivity index (χ0) is 24.9. The van der Waals surface area contributed by atoms with E-state index in [0.29, 0.717) is 39.2 Å². The molecule has 2 amide bonds. The fourth-order valence-corrected chi connectivity index (χ4v) is 5.21. The molecular weight excluding hydrogens is 604 g/mol. The summed E-state index contributed by atoms with van der Waals surface area (Å²) in [5.41, 5.74) is 2.23. The van der Waals surface area contributed by atoms with Gasteiger partial charge in [0.15, 0.2) is 11.5 Å². The van der Waals surface area contributed by atoms with Crippen molar-refractivity contribution in [2.24, 2.45) is 0 Å². The molecule has 3 aromatic carbocycles. The van der Waals surface area contributed by atoms with E-state index in [4.69, 9.17) is 21.1 Å². The van der Waals surface area contributed by atoms with Gasteiger partial charge in [0.1, 0.15) is 12.4 Å². The molecule has 0 aliphatic carbocycles. The zero-order valence-corrected chi connectivity index (χ0v) is 22.3. The quantitative estimate of drug-likeness (QED) is 0.195. The number of nitrogens with zero attached hydrogens (tertiary/aromatic N) is 1. The van der Waals surface area contributed by atoms with Gasteiger partial charge in [-0.1, -0.05) is 41.9 Å². The molecule has 4 rings (SSSR count). The summed E-state index contributed by atoms with van der Waals surface area (Å²) in [7, 11) is 0. The molecule has 0 N–H and O–H groups in total. The van der Waals surface area contributed by atoms with Crippen LogP contribution in [0.25, 0.3) is 6.08 Å². The molecule has 0 bridgehead atoms. The van der Waals surface area contributed by atoms with Crippen molar-refractivity contribution < 1.29 is 23.5 Å². The predicted octanol–water partition coefficient (Wildman–Crippen LogP) is 7.30. The Balaban J connectivity index is 1.55. The van der Waals surface area contributed by atoms with E-state index in [1.165, 1.54) is 12.1 Å². The van der Waals surface area contributed by atoms with Gasteiger partial charge in [0.05, 0.1) is 21.6 Å². The fourth-order valence-electron chi connectivity index (χ4n) is 3.40. The number of halogens is 3. The van der Waals surface area contributed by atoms with Crippen LogP contribution in [0.2, 0.25) is 5.02 Å². The molecule has 180 valence electrons. The molecule has 0 aromatic heterocycles. The number of rotatable bonds is 8. The second kappa shape index (κ2) is 11.5. The molecule has 1 aliphatic heterocycles. The number of benzene rings is 3. The third-order valence-corrected chi connectivity index (χ3v) is 7.16. The van der Waals surface area contributed by atoms with Crippen LogP contribution in [0.4, 0.5) is 9.18 Å². The van der Waals surface area contributed by atoms with Crippen LogP contribution in [0, 0.1) is 9.39 Å². The SMILES string of the molecule is CCOc1cc(/C=C2\SC(=O)N(Cc3ccc(F)cc3)C2=O)cc(I)c1OCc1ccccc1Cl. The van der Waals surface area contributed by atoms with Crippen molar-refractivity contribution in [2.75, 3.05) is 6.61 Å². The number of ether oxygens (including phenoxy) is 2. The maximum Gasteiger partial charge on any atom is 0.293 e. The molecule has 35 heavy (non-hydrogen) atoms. The predicted molar refractivity (Wildman–Crippen MR) is 144 cm³/mol. The molecule has 1 saturated heterocycles. The standard InChI is InChI=1S/C26H20ClFINO4S/c1-2-33-22-12-17(11-21(29)24(22)34-15-18-5-3-4-6-20(18)27)13-23-25(31)30(26(32)35-23)14-16-7-9-19(28)10-8-16/h3-13H,2,14-15H2,1H3/b23-13-. The lowest BCUT2D eigenvalue weighted by atomic mass is 10.1. The average Bonchev–Trinajstić information content (AvgIpc) is 3.08. The highest BCUT2D eigenvalue weighted by Crippen LogP contribution is 2.38. The normalized spacial score (nSPS) is 14.6. The number of carbonyl (C=O) groups is 2. The van der Waals surface area contributed by atoms with Gasteiger partial charge >= 0.3 is 0 Å². The molecule has 0 radical (unpaired) electrons. The lowest BCUT2D eigenvalue weighted by Crippen LogP contribution is -2.27. The Morgan fingerprint density at radius 3 is 2.54 bits per heavy atom. The maximum absolute atomic E-state index is 13.2. The molecule has 5 nitrogen and oxygen atoms in total. The van der Waals surface area contributed by atoms with Gasteiger partial charge in [-0.05, 0) is 88.8 Å². The minimum Gasteiger partial charge on any atom is -0.490 e. The van der Waals surface area contributed by atoms with Crippen molar-refractivity contribution in [1.29, 1.82) is 0 Å². The molecular formula is C26H20ClFINO4S. The summed E-state index contributed by atoms with van der Waals surface area (Å²) in [6.45, 7) is 2.66. The van der Waals surface area contributed by atoms with Gasteiger partial charge in [0, 0.05) is 10.6 Å². The first kappa shape index (κ1) is 25.5. The van der Waals surface area contributed by atoms with E-state index in [9.17, 15) is 14.0 Å². The first-order valence-electron chi connectivity index (χ1n) is 10.7. The molecule has 1 fully saturated rings. The highest BCUT2D eigenvalue weighted by Gasteiger charge is 2.35. The summed E-state index contributed by atoms with van der Waals surface area (Å²) in [5, 5.41) is 0.249. The second-order valence-electron chi connectivity index (χ2n) is 7.54. The molecule has 3 aromatic rings. The van der Waals surface area contributed by atoms with Gasteiger partial charge in [-0.25, -0.2) is 4.39 Å². The van der Waals surface area contributed by atoms with Crippen molar-refractivity contribution in [1.82, 2.24) is 4.90 Å². The maximum atomic E-state index is 13.2. The Labute approximate surface area is 225 Å². The van der Waals surface area contributed by atoms with E-state index in [1.54, 1.807) is 30.3 Å². The van der Waals surface area contributed by atoms with Gasteiger partial charge in [0.25, 0.3) is 11.1 Å². The minimum atomic E-state index is -0.392. The Morgan fingerprint density at radius 2 is 1.83 bits per heavy atom. The van der Waals surface area contributed by atoms with E-state index in [1.807, 2.05) is 31.2 Å². The van der Waals surface area contributed by atoms with E-state index >= 15 is 0 Å². The number of hydrogen-bond acceptors (Lipinski definition) is 5. The number of amides is 2. The third kappa shape index (κ3) is 6.17. The molecule has 0 unspecified atom stereocenters. The van der Waals surface area contributed by atoms with Crippen molar-refractivity contribution >= 4 is 63.2 Å². The van der Waals surface area contributed by atoms with E-state index in [0.717, 1.165) is 25.8 Å². The lowest BCUT2D eigenvalue weighted by molar-refractivity contribution is -0.123.